The number of halogens is 3. The van der Waals surface area contributed by atoms with E-state index in [0.717, 1.165) is 36.8 Å². The average molecular weight is 493 g/mol. The largest absolute Gasteiger partial charge is 0.378 e. The van der Waals surface area contributed by atoms with Crippen LogP contribution >= 0.6 is 23.2 Å². The van der Waals surface area contributed by atoms with Crippen LogP contribution in [-0.2, 0) is 11.2 Å². The smallest absolute Gasteiger partial charge is 0.227 e. The van der Waals surface area contributed by atoms with Crippen molar-refractivity contribution in [2.75, 3.05) is 31.6 Å². The van der Waals surface area contributed by atoms with Crippen molar-refractivity contribution < 1.29 is 9.13 Å². The van der Waals surface area contributed by atoms with Crippen molar-refractivity contribution >= 4 is 45.7 Å². The minimum Gasteiger partial charge on any atom is -0.378 e. The first-order chi connectivity index (χ1) is 16.0. The van der Waals surface area contributed by atoms with E-state index in [2.05, 4.69) is 32.2 Å². The Kier molecular flexibility index (Phi) is 6.69. The van der Waals surface area contributed by atoms with Gasteiger partial charge in [0.15, 0.2) is 5.15 Å². The van der Waals surface area contributed by atoms with E-state index in [-0.39, 0.29) is 6.42 Å². The molecular formula is C23H27Cl2FN6O. The molecule has 1 saturated heterocycles. The molecule has 5 rings (SSSR count). The molecule has 0 spiro atoms. The Hall–Kier alpha value is -2.00. The third kappa shape index (κ3) is 5.09. The Labute approximate surface area is 202 Å². The molecular weight excluding hydrogens is 466 g/mol. The number of nitrogens with one attached hydrogen (secondary N) is 1. The highest BCUT2D eigenvalue weighted by atomic mass is 35.5. The summed E-state index contributed by atoms with van der Waals surface area (Å²) in [7, 11) is 0. The number of hydrogen-bond acceptors (Lipinski definition) is 6. The molecule has 2 aromatic heterocycles. The number of alkyl halides is 1. The first kappa shape index (κ1) is 22.8. The van der Waals surface area contributed by atoms with Gasteiger partial charge in [-0.1, -0.05) is 30.1 Å². The molecule has 0 radical (unpaired) electrons. The van der Waals surface area contributed by atoms with Crippen molar-refractivity contribution in [3.63, 3.8) is 0 Å². The van der Waals surface area contributed by atoms with Gasteiger partial charge in [-0.25, -0.2) is 19.0 Å². The second-order valence-corrected chi connectivity index (χ2v) is 9.60. The SMILES string of the molecule is CCCN(CC(F)Cc1cc2nc(Nc3cnn(C4CC4)c3Cl)ncc2cc1Cl)C1COC1. The van der Waals surface area contributed by atoms with E-state index < -0.39 is 6.17 Å². The zero-order valence-electron chi connectivity index (χ0n) is 18.5. The number of fused-ring (bicyclic) bond motifs is 1. The predicted molar refractivity (Wildman–Crippen MR) is 128 cm³/mol. The Morgan fingerprint density at radius 3 is 2.79 bits per heavy atom. The molecule has 33 heavy (non-hydrogen) atoms. The maximum absolute atomic E-state index is 15.0. The molecule has 3 heterocycles. The lowest BCUT2D eigenvalue weighted by atomic mass is 10.1. The van der Waals surface area contributed by atoms with Gasteiger partial charge in [-0.2, -0.15) is 5.10 Å². The molecule has 3 aromatic rings. The summed E-state index contributed by atoms with van der Waals surface area (Å²) in [6.45, 7) is 4.70. The number of nitrogens with zero attached hydrogens (tertiary/aromatic N) is 5. The minimum atomic E-state index is -1.03. The lowest BCUT2D eigenvalue weighted by Crippen LogP contribution is -2.51. The van der Waals surface area contributed by atoms with Crippen LogP contribution in [0.1, 0.15) is 37.8 Å². The lowest BCUT2D eigenvalue weighted by Gasteiger charge is -2.37. The highest BCUT2D eigenvalue weighted by molar-refractivity contribution is 6.32. The Balaban J connectivity index is 1.31. The fraction of sp³-hybridized carbons (Fsp3) is 0.522. The molecule has 176 valence electrons. The van der Waals surface area contributed by atoms with Crippen molar-refractivity contribution in [3.05, 3.63) is 40.3 Å². The van der Waals surface area contributed by atoms with Gasteiger partial charge >= 0.3 is 0 Å². The zero-order valence-corrected chi connectivity index (χ0v) is 20.0. The predicted octanol–water partition coefficient (Wildman–Crippen LogP) is 5.20. The lowest BCUT2D eigenvalue weighted by molar-refractivity contribution is -0.0702. The van der Waals surface area contributed by atoms with Crippen LogP contribution < -0.4 is 5.32 Å². The van der Waals surface area contributed by atoms with Crippen molar-refractivity contribution in [1.29, 1.82) is 0 Å². The fourth-order valence-electron chi connectivity index (χ4n) is 4.14. The van der Waals surface area contributed by atoms with Crippen LogP contribution in [0.25, 0.3) is 10.9 Å². The normalized spacial score (nSPS) is 17.5. The van der Waals surface area contributed by atoms with Crippen molar-refractivity contribution in [1.82, 2.24) is 24.6 Å². The number of benzene rings is 1. The monoisotopic (exact) mass is 492 g/mol. The Morgan fingerprint density at radius 2 is 2.09 bits per heavy atom. The summed E-state index contributed by atoms with van der Waals surface area (Å²) in [6.07, 6.45) is 5.76. The summed E-state index contributed by atoms with van der Waals surface area (Å²) >= 11 is 12.9. The number of aromatic nitrogens is 4. The van der Waals surface area contributed by atoms with Gasteiger partial charge in [-0.05, 0) is 43.5 Å². The maximum Gasteiger partial charge on any atom is 0.227 e. The summed E-state index contributed by atoms with van der Waals surface area (Å²) in [6, 6.07) is 4.34. The Bertz CT molecular complexity index is 1130. The van der Waals surface area contributed by atoms with Crippen LogP contribution in [0.4, 0.5) is 16.0 Å². The van der Waals surface area contributed by atoms with E-state index >= 15 is 4.39 Å². The second-order valence-electron chi connectivity index (χ2n) is 8.83. The van der Waals surface area contributed by atoms with Gasteiger partial charge < -0.3 is 10.1 Å². The van der Waals surface area contributed by atoms with Gasteiger partial charge in [0.1, 0.15) is 6.17 Å². The van der Waals surface area contributed by atoms with E-state index in [1.807, 2.05) is 10.7 Å². The number of anilines is 2. The summed E-state index contributed by atoms with van der Waals surface area (Å²) in [5.41, 5.74) is 2.10. The molecule has 7 nitrogen and oxygen atoms in total. The topological polar surface area (TPSA) is 68.1 Å². The first-order valence-electron chi connectivity index (χ1n) is 11.4. The quantitative estimate of drug-likeness (QED) is 0.419. The van der Waals surface area contributed by atoms with Crippen LogP contribution in [-0.4, -0.2) is 63.2 Å². The maximum atomic E-state index is 15.0. The van der Waals surface area contributed by atoms with Crippen LogP contribution in [0.3, 0.4) is 0 Å². The van der Waals surface area contributed by atoms with Crippen LogP contribution in [0.5, 0.6) is 0 Å². The molecule has 1 aromatic carbocycles. The van der Waals surface area contributed by atoms with E-state index in [1.165, 1.54) is 0 Å². The molecule has 1 aliphatic carbocycles. The molecule has 2 aliphatic rings. The molecule has 10 heteroatoms. The molecule has 1 unspecified atom stereocenters. The van der Waals surface area contributed by atoms with E-state index in [9.17, 15) is 0 Å². The number of rotatable bonds is 10. The molecule has 1 saturated carbocycles. The highest BCUT2D eigenvalue weighted by Gasteiger charge is 2.28. The van der Waals surface area contributed by atoms with Gasteiger partial charge in [-0.3, -0.25) is 4.90 Å². The summed E-state index contributed by atoms with van der Waals surface area (Å²) in [4.78, 5) is 11.2. The number of ether oxygens (including phenoxy) is 1. The highest BCUT2D eigenvalue weighted by Crippen LogP contribution is 2.39. The van der Waals surface area contributed by atoms with E-state index in [0.29, 0.717) is 59.2 Å². The van der Waals surface area contributed by atoms with Crippen LogP contribution in [0, 0.1) is 0 Å². The third-order valence-electron chi connectivity index (χ3n) is 6.14. The Morgan fingerprint density at radius 1 is 1.27 bits per heavy atom. The van der Waals surface area contributed by atoms with Crippen molar-refractivity contribution in [3.8, 4) is 0 Å². The van der Waals surface area contributed by atoms with E-state index in [1.54, 1.807) is 18.5 Å². The van der Waals surface area contributed by atoms with Crippen LogP contribution in [0.2, 0.25) is 10.2 Å². The summed E-state index contributed by atoms with van der Waals surface area (Å²) in [5, 5.41) is 9.36. The average Bonchev–Trinajstić information content (AvgIpc) is 3.52. The van der Waals surface area contributed by atoms with Gasteiger partial charge in [0.2, 0.25) is 5.95 Å². The molecule has 1 aliphatic heterocycles. The molecule has 1 N–H and O–H groups in total. The number of hydrogen-bond donors (Lipinski definition) is 1. The van der Waals surface area contributed by atoms with Gasteiger partial charge in [-0.15, -0.1) is 0 Å². The van der Waals surface area contributed by atoms with Gasteiger partial charge in [0.05, 0.1) is 42.7 Å². The standard InChI is InChI=1S/C23H27Cl2FN6O/c1-2-5-31(18-12-33-13-18)11-16(26)6-14-8-20-15(7-19(14)24)9-27-23(29-20)30-21-10-28-32(22(21)25)17-3-4-17/h7-10,16-18H,2-6,11-13H2,1H3,(H,27,29,30). The van der Waals surface area contributed by atoms with Gasteiger partial charge in [0.25, 0.3) is 0 Å². The van der Waals surface area contributed by atoms with E-state index in [4.69, 9.17) is 27.9 Å². The van der Waals surface area contributed by atoms with Crippen LogP contribution in [0.15, 0.2) is 24.5 Å². The zero-order chi connectivity index (χ0) is 22.9. The minimum absolute atomic E-state index is 0.231. The molecule has 2 fully saturated rings. The molecule has 0 amide bonds. The van der Waals surface area contributed by atoms with Crippen molar-refractivity contribution in [2.45, 2.75) is 50.9 Å². The van der Waals surface area contributed by atoms with Crippen molar-refractivity contribution in [2.24, 2.45) is 0 Å². The van der Waals surface area contributed by atoms with Gasteiger partial charge in [0, 0.05) is 29.6 Å². The third-order valence-corrected chi connectivity index (χ3v) is 6.87. The summed E-state index contributed by atoms with van der Waals surface area (Å²) in [5.74, 6) is 0.406. The molecule has 0 bridgehead atoms. The summed E-state index contributed by atoms with van der Waals surface area (Å²) < 4.78 is 22.1. The second kappa shape index (κ2) is 9.70. The molecule has 1 atom stereocenters. The first-order valence-corrected chi connectivity index (χ1v) is 12.2. The fourth-order valence-corrected chi connectivity index (χ4v) is 4.67.